The second-order valence-electron chi connectivity index (χ2n) is 2.81. The molecular weight excluding hydrogens is 190 g/mol. The van der Waals surface area contributed by atoms with Crippen LogP contribution in [0.4, 0.5) is 5.13 Å². The molecule has 0 saturated carbocycles. The molecule has 0 spiro atoms. The minimum absolute atomic E-state index is 0.0453. The molecule has 70 valence electrons. The fourth-order valence-corrected chi connectivity index (χ4v) is 1.65. The second-order valence-corrected chi connectivity index (χ2v) is 3.54. The van der Waals surface area contributed by atoms with Crippen molar-refractivity contribution >= 4 is 22.6 Å². The van der Waals surface area contributed by atoms with E-state index in [-0.39, 0.29) is 11.9 Å². The minimum atomic E-state index is -0.0797. The lowest BCUT2D eigenvalue weighted by molar-refractivity contribution is -0.117. The predicted molar refractivity (Wildman–Crippen MR) is 47.4 cm³/mol. The van der Waals surface area contributed by atoms with Gasteiger partial charge < -0.3 is 5.32 Å². The van der Waals surface area contributed by atoms with Crippen LogP contribution in [0.5, 0.6) is 0 Å². The topological polar surface area (TPSA) is 79.8 Å². The van der Waals surface area contributed by atoms with Crippen molar-refractivity contribution in [3.8, 4) is 0 Å². The lowest BCUT2D eigenvalue weighted by Crippen LogP contribution is -2.35. The highest BCUT2D eigenvalue weighted by molar-refractivity contribution is 7.09. The van der Waals surface area contributed by atoms with E-state index in [1.165, 1.54) is 0 Å². The number of hydrogen-bond acceptors (Lipinski definition) is 6. The molecule has 2 N–H and O–H groups in total. The number of rotatable bonds is 2. The largest absolute Gasteiger partial charge is 0.306 e. The Hall–Kier alpha value is -1.08. The first kappa shape index (κ1) is 8.52. The van der Waals surface area contributed by atoms with Crippen LogP contribution in [0, 0.1) is 0 Å². The van der Waals surface area contributed by atoms with Gasteiger partial charge in [0, 0.05) is 11.5 Å². The first-order valence-electron chi connectivity index (χ1n) is 4.05. The Bertz CT molecular complexity index is 281. The van der Waals surface area contributed by atoms with Gasteiger partial charge in [-0.15, -0.1) is 0 Å². The molecule has 13 heavy (non-hydrogen) atoms. The summed E-state index contributed by atoms with van der Waals surface area (Å²) in [5.74, 6) is -0.0453. The molecule has 0 radical (unpaired) electrons. The maximum Gasteiger partial charge on any atom is 0.243 e. The number of carbonyl (C=O) groups excluding carboxylic acids is 1. The molecule has 1 fully saturated rings. The molecule has 1 atom stereocenters. The zero-order valence-electron chi connectivity index (χ0n) is 6.86. The van der Waals surface area contributed by atoms with E-state index in [0.29, 0.717) is 5.13 Å². The molecule has 0 bridgehead atoms. The van der Waals surface area contributed by atoms with Gasteiger partial charge in [-0.05, 0) is 24.6 Å². The first-order valence-corrected chi connectivity index (χ1v) is 4.83. The molecule has 1 aromatic rings. The van der Waals surface area contributed by atoms with Crippen LogP contribution in [0.3, 0.4) is 0 Å². The normalized spacial score (nSPS) is 21.7. The summed E-state index contributed by atoms with van der Waals surface area (Å²) >= 11 is 1.08. The summed E-state index contributed by atoms with van der Waals surface area (Å²) in [6, 6.07) is -0.0797. The molecule has 0 aliphatic carbocycles. The van der Waals surface area contributed by atoms with Crippen LogP contribution in [0.2, 0.25) is 0 Å². The van der Waals surface area contributed by atoms with Gasteiger partial charge in [0.05, 0.1) is 6.04 Å². The van der Waals surface area contributed by atoms with E-state index in [1.807, 2.05) is 0 Å². The van der Waals surface area contributed by atoms with Crippen LogP contribution >= 0.6 is 11.5 Å². The Morgan fingerprint density at radius 2 is 2.62 bits per heavy atom. The van der Waals surface area contributed by atoms with Gasteiger partial charge >= 0.3 is 0 Å². The number of nitrogens with one attached hydrogen (secondary N) is 2. The Morgan fingerprint density at radius 3 is 3.23 bits per heavy atom. The Kier molecular flexibility index (Phi) is 2.46. The predicted octanol–water partition coefficient (Wildman–Crippen LogP) is -0.376. The second kappa shape index (κ2) is 3.75. The third kappa shape index (κ3) is 1.99. The SMILES string of the molecule is O=C(Nc1nnns1)[C@H]1CCCN1. The molecule has 1 aliphatic rings. The number of hydrogen-bond donors (Lipinski definition) is 2. The summed E-state index contributed by atoms with van der Waals surface area (Å²) in [7, 11) is 0. The van der Waals surface area contributed by atoms with Gasteiger partial charge in [-0.25, -0.2) is 0 Å². The van der Waals surface area contributed by atoms with Gasteiger partial charge in [-0.1, -0.05) is 9.59 Å². The lowest BCUT2D eigenvalue weighted by atomic mass is 10.2. The van der Waals surface area contributed by atoms with Crippen molar-refractivity contribution in [1.82, 2.24) is 20.1 Å². The van der Waals surface area contributed by atoms with E-state index < -0.39 is 0 Å². The van der Waals surface area contributed by atoms with Crippen LogP contribution < -0.4 is 10.6 Å². The summed E-state index contributed by atoms with van der Waals surface area (Å²) in [4.78, 5) is 11.5. The monoisotopic (exact) mass is 199 g/mol. The van der Waals surface area contributed by atoms with Crippen molar-refractivity contribution in [3.05, 3.63) is 0 Å². The molecule has 1 amide bonds. The number of anilines is 1. The molecule has 1 saturated heterocycles. The Morgan fingerprint density at radius 1 is 1.69 bits per heavy atom. The van der Waals surface area contributed by atoms with Gasteiger partial charge in [0.15, 0.2) is 0 Å². The maximum atomic E-state index is 11.5. The third-order valence-corrected chi connectivity index (χ3v) is 2.42. The molecule has 2 rings (SSSR count). The van der Waals surface area contributed by atoms with Gasteiger partial charge in [0.2, 0.25) is 11.0 Å². The van der Waals surface area contributed by atoms with Gasteiger partial charge in [-0.3, -0.25) is 10.1 Å². The van der Waals surface area contributed by atoms with Gasteiger partial charge in [0.1, 0.15) is 0 Å². The van der Waals surface area contributed by atoms with E-state index in [4.69, 9.17) is 0 Å². The summed E-state index contributed by atoms with van der Waals surface area (Å²) in [6.45, 7) is 0.909. The minimum Gasteiger partial charge on any atom is -0.306 e. The highest BCUT2D eigenvalue weighted by Crippen LogP contribution is 2.09. The van der Waals surface area contributed by atoms with Crippen molar-refractivity contribution in [2.24, 2.45) is 0 Å². The number of amides is 1. The zero-order valence-corrected chi connectivity index (χ0v) is 7.67. The average Bonchev–Trinajstić information content (AvgIpc) is 2.74. The van der Waals surface area contributed by atoms with E-state index in [9.17, 15) is 4.79 Å². The number of aromatic nitrogens is 3. The van der Waals surface area contributed by atoms with Crippen molar-refractivity contribution in [2.75, 3.05) is 11.9 Å². The fourth-order valence-electron chi connectivity index (χ4n) is 1.28. The van der Waals surface area contributed by atoms with Crippen LogP contribution in [0.25, 0.3) is 0 Å². The molecule has 6 nitrogen and oxygen atoms in total. The highest BCUT2D eigenvalue weighted by Gasteiger charge is 2.22. The van der Waals surface area contributed by atoms with Crippen molar-refractivity contribution in [3.63, 3.8) is 0 Å². The fraction of sp³-hybridized carbons (Fsp3) is 0.667. The van der Waals surface area contributed by atoms with E-state index in [1.54, 1.807) is 0 Å². The van der Waals surface area contributed by atoms with E-state index in [2.05, 4.69) is 25.4 Å². The number of carbonyl (C=O) groups is 1. The molecule has 7 heteroatoms. The number of nitrogens with zero attached hydrogens (tertiary/aromatic N) is 3. The zero-order chi connectivity index (χ0) is 9.10. The molecule has 1 aromatic heterocycles. The summed E-state index contributed by atoms with van der Waals surface area (Å²) in [5.41, 5.74) is 0. The molecule has 2 heterocycles. The van der Waals surface area contributed by atoms with E-state index in [0.717, 1.165) is 30.9 Å². The molecular formula is C6H9N5OS. The van der Waals surface area contributed by atoms with Crippen molar-refractivity contribution in [1.29, 1.82) is 0 Å². The summed E-state index contributed by atoms with van der Waals surface area (Å²) in [6.07, 6.45) is 1.94. The lowest BCUT2D eigenvalue weighted by Gasteiger charge is -2.07. The molecule has 0 unspecified atom stereocenters. The van der Waals surface area contributed by atoms with E-state index >= 15 is 0 Å². The van der Waals surface area contributed by atoms with Crippen molar-refractivity contribution < 1.29 is 4.79 Å². The van der Waals surface area contributed by atoms with Gasteiger partial charge in [0.25, 0.3) is 0 Å². The molecule has 0 aromatic carbocycles. The van der Waals surface area contributed by atoms with Crippen LogP contribution in [-0.2, 0) is 4.79 Å². The smallest absolute Gasteiger partial charge is 0.243 e. The van der Waals surface area contributed by atoms with Gasteiger partial charge in [-0.2, -0.15) is 0 Å². The standard InChI is InChI=1S/C6H9N5OS/c12-5(4-2-1-3-7-4)8-6-9-10-11-13-6/h4,7H,1-3H2,(H,8,9,11,12)/t4-/m1/s1. The molecule has 1 aliphatic heterocycles. The van der Waals surface area contributed by atoms with Crippen molar-refractivity contribution in [2.45, 2.75) is 18.9 Å². The third-order valence-electron chi connectivity index (χ3n) is 1.91. The van der Waals surface area contributed by atoms with Crippen LogP contribution in [-0.4, -0.2) is 33.3 Å². The Balaban J connectivity index is 1.91. The summed E-state index contributed by atoms with van der Waals surface area (Å²) < 4.78 is 3.55. The quantitative estimate of drug-likeness (QED) is 0.679. The average molecular weight is 199 g/mol. The van der Waals surface area contributed by atoms with Crippen LogP contribution in [0.1, 0.15) is 12.8 Å². The first-order chi connectivity index (χ1) is 6.36. The highest BCUT2D eigenvalue weighted by atomic mass is 32.1. The van der Waals surface area contributed by atoms with Crippen LogP contribution in [0.15, 0.2) is 0 Å². The summed E-state index contributed by atoms with van der Waals surface area (Å²) in [5, 5.41) is 13.2. The Labute approximate surface area is 78.9 Å². The maximum absolute atomic E-state index is 11.5.